The first kappa shape index (κ1) is 28.6. The van der Waals surface area contributed by atoms with Crippen molar-refractivity contribution in [2.75, 3.05) is 25.4 Å². The molecule has 9 nitrogen and oxygen atoms in total. The molecule has 10 heteroatoms. The van der Waals surface area contributed by atoms with E-state index in [-0.39, 0.29) is 18.0 Å². The molecule has 1 rings (SSSR count). The number of aliphatic hydroxyl groups excluding tert-OH is 1. The number of hydrogen-bond acceptors (Lipinski definition) is 7. The van der Waals surface area contributed by atoms with E-state index in [2.05, 4.69) is 23.3 Å². The van der Waals surface area contributed by atoms with Gasteiger partial charge >= 0.3 is 6.09 Å². The van der Waals surface area contributed by atoms with Gasteiger partial charge in [0.15, 0.2) is 0 Å². The number of thiol groups is 1. The number of amides is 3. The summed E-state index contributed by atoms with van der Waals surface area (Å²) in [4.78, 5) is 40.1. The molecular formula is C23H37N3O6S. The number of aliphatic hydroxyl groups is 1. The summed E-state index contributed by atoms with van der Waals surface area (Å²) in [5.41, 5.74) is 0.244. The number of ether oxygens (including phenoxy) is 1. The zero-order valence-electron chi connectivity index (χ0n) is 20.1. The number of alkyl carbamates (subject to hydrolysis) is 1. The van der Waals surface area contributed by atoms with Crippen LogP contribution in [0.25, 0.3) is 0 Å². The molecule has 2 atom stereocenters. The summed E-state index contributed by atoms with van der Waals surface area (Å²) >= 11 is 4.20. The van der Waals surface area contributed by atoms with Gasteiger partial charge in [-0.2, -0.15) is 12.6 Å². The molecule has 0 saturated carbocycles. The first-order chi connectivity index (χ1) is 15.4. The highest BCUT2D eigenvalue weighted by molar-refractivity contribution is 7.80. The molecule has 0 aliphatic heterocycles. The summed E-state index contributed by atoms with van der Waals surface area (Å²) in [6, 6.07) is 2.46. The Bertz CT molecular complexity index is 812. The average molecular weight is 484 g/mol. The number of aromatic hydroxyl groups is 1. The predicted octanol–water partition coefficient (Wildman–Crippen LogP) is 2.30. The topological polar surface area (TPSA) is 128 Å². The van der Waals surface area contributed by atoms with Crippen LogP contribution in [0.3, 0.4) is 0 Å². The number of carbonyl (C=O) groups excluding carboxylic acids is 3. The maximum atomic E-state index is 13.4. The van der Waals surface area contributed by atoms with Gasteiger partial charge in [0.1, 0.15) is 23.4 Å². The number of benzene rings is 1. The van der Waals surface area contributed by atoms with Crippen LogP contribution in [0.4, 0.5) is 4.79 Å². The number of carbonyl (C=O) groups is 3. The number of aryl methyl sites for hydroxylation is 1. The molecule has 0 aliphatic carbocycles. The Labute approximate surface area is 201 Å². The summed E-state index contributed by atoms with van der Waals surface area (Å²) in [6.45, 7) is 8.66. The second-order valence-electron chi connectivity index (χ2n) is 8.73. The van der Waals surface area contributed by atoms with Crippen LogP contribution < -0.4 is 10.6 Å². The smallest absolute Gasteiger partial charge is 0.408 e. The summed E-state index contributed by atoms with van der Waals surface area (Å²) in [7, 11) is 0. The SMILES string of the molecule is CCCCNC(=O)C(c1ccc(O)c(C)c1)N(CCO)C(=O)C(CS)NC(=O)OC(C)(C)C. The van der Waals surface area contributed by atoms with E-state index < -0.39 is 42.2 Å². The van der Waals surface area contributed by atoms with Crippen LogP contribution in [0.2, 0.25) is 0 Å². The van der Waals surface area contributed by atoms with Gasteiger partial charge in [-0.05, 0) is 57.4 Å². The van der Waals surface area contributed by atoms with Crippen molar-refractivity contribution in [1.82, 2.24) is 15.5 Å². The van der Waals surface area contributed by atoms with E-state index in [9.17, 15) is 24.6 Å². The predicted molar refractivity (Wildman–Crippen MR) is 129 cm³/mol. The molecule has 33 heavy (non-hydrogen) atoms. The first-order valence-corrected chi connectivity index (χ1v) is 11.7. The molecule has 0 fully saturated rings. The van der Waals surface area contributed by atoms with Crippen molar-refractivity contribution in [2.24, 2.45) is 0 Å². The monoisotopic (exact) mass is 483 g/mol. The summed E-state index contributed by atoms with van der Waals surface area (Å²) in [5, 5.41) is 24.9. The molecule has 0 aromatic heterocycles. The number of hydrogen-bond donors (Lipinski definition) is 5. The fourth-order valence-electron chi connectivity index (χ4n) is 3.12. The molecule has 0 saturated heterocycles. The van der Waals surface area contributed by atoms with Crippen LogP contribution in [-0.2, 0) is 14.3 Å². The van der Waals surface area contributed by atoms with Gasteiger partial charge in [-0.3, -0.25) is 9.59 Å². The zero-order valence-corrected chi connectivity index (χ0v) is 20.9. The third kappa shape index (κ3) is 9.13. The summed E-state index contributed by atoms with van der Waals surface area (Å²) < 4.78 is 5.24. The van der Waals surface area contributed by atoms with E-state index in [1.807, 2.05) is 6.92 Å². The normalized spacial score (nSPS) is 13.1. The van der Waals surface area contributed by atoms with Gasteiger partial charge in [0.2, 0.25) is 11.8 Å². The highest BCUT2D eigenvalue weighted by Crippen LogP contribution is 2.27. The Kier molecular flexibility index (Phi) is 11.5. The van der Waals surface area contributed by atoms with Gasteiger partial charge in [0.25, 0.3) is 0 Å². The van der Waals surface area contributed by atoms with Crippen molar-refractivity contribution in [3.63, 3.8) is 0 Å². The molecule has 0 radical (unpaired) electrons. The molecule has 0 aliphatic rings. The fourth-order valence-corrected chi connectivity index (χ4v) is 3.36. The van der Waals surface area contributed by atoms with E-state index in [0.717, 1.165) is 12.8 Å². The van der Waals surface area contributed by atoms with Crippen LogP contribution in [0, 0.1) is 6.92 Å². The lowest BCUT2D eigenvalue weighted by atomic mass is 10.0. The second-order valence-corrected chi connectivity index (χ2v) is 9.09. The number of phenolic OH excluding ortho intramolecular Hbond substituents is 1. The van der Waals surface area contributed by atoms with Crippen molar-refractivity contribution < 1.29 is 29.3 Å². The molecule has 4 N–H and O–H groups in total. The maximum absolute atomic E-state index is 13.4. The average Bonchev–Trinajstić information content (AvgIpc) is 2.72. The second kappa shape index (κ2) is 13.3. The van der Waals surface area contributed by atoms with E-state index in [1.165, 1.54) is 11.0 Å². The molecule has 186 valence electrons. The van der Waals surface area contributed by atoms with Gasteiger partial charge in [-0.25, -0.2) is 4.79 Å². The van der Waals surface area contributed by atoms with Crippen LogP contribution in [0.1, 0.15) is 57.7 Å². The number of phenols is 1. The number of nitrogens with one attached hydrogen (secondary N) is 2. The quantitative estimate of drug-likeness (QED) is 0.243. The summed E-state index contributed by atoms with van der Waals surface area (Å²) in [5.74, 6) is -1.00. The largest absolute Gasteiger partial charge is 0.508 e. The van der Waals surface area contributed by atoms with Crippen molar-refractivity contribution in [3.05, 3.63) is 29.3 Å². The molecule has 1 aromatic carbocycles. The Morgan fingerprint density at radius 1 is 1.24 bits per heavy atom. The standard InChI is InChI=1S/C23H37N3O6S/c1-6-7-10-24-20(29)19(16-8-9-18(28)15(2)13-16)26(11-12-27)21(30)17(14-33)25-22(31)32-23(3,4)5/h8-9,13,17,19,27-28,33H,6-7,10-12,14H2,1-5H3,(H,24,29)(H,25,31). The minimum atomic E-state index is -1.08. The van der Waals surface area contributed by atoms with Crippen molar-refractivity contribution >= 4 is 30.5 Å². The van der Waals surface area contributed by atoms with Gasteiger partial charge in [-0.1, -0.05) is 19.4 Å². The lowest BCUT2D eigenvalue weighted by Crippen LogP contribution is -2.54. The van der Waals surface area contributed by atoms with E-state index in [0.29, 0.717) is 17.7 Å². The highest BCUT2D eigenvalue weighted by atomic mass is 32.1. The molecule has 3 amide bonds. The lowest BCUT2D eigenvalue weighted by molar-refractivity contribution is -0.142. The minimum Gasteiger partial charge on any atom is -0.508 e. The van der Waals surface area contributed by atoms with Crippen LogP contribution in [0.15, 0.2) is 18.2 Å². The van der Waals surface area contributed by atoms with Gasteiger partial charge in [0.05, 0.1) is 6.61 Å². The lowest BCUT2D eigenvalue weighted by Gasteiger charge is -2.34. The van der Waals surface area contributed by atoms with Gasteiger partial charge in [0, 0.05) is 18.8 Å². The Hall–Kier alpha value is -2.46. The Balaban J connectivity index is 3.31. The molecule has 2 unspecified atom stereocenters. The van der Waals surface area contributed by atoms with E-state index >= 15 is 0 Å². The van der Waals surface area contributed by atoms with Crippen LogP contribution in [-0.4, -0.2) is 70.1 Å². The molecule has 0 spiro atoms. The first-order valence-electron chi connectivity index (χ1n) is 11.0. The van der Waals surface area contributed by atoms with Crippen molar-refractivity contribution in [1.29, 1.82) is 0 Å². The Morgan fingerprint density at radius 2 is 1.91 bits per heavy atom. The van der Waals surface area contributed by atoms with Crippen LogP contribution in [0.5, 0.6) is 5.75 Å². The molecule has 1 aromatic rings. The molecule has 0 bridgehead atoms. The number of nitrogens with zero attached hydrogens (tertiary/aromatic N) is 1. The van der Waals surface area contributed by atoms with Gasteiger partial charge in [-0.15, -0.1) is 0 Å². The maximum Gasteiger partial charge on any atom is 0.408 e. The van der Waals surface area contributed by atoms with E-state index in [4.69, 9.17) is 4.74 Å². The molecular weight excluding hydrogens is 446 g/mol. The van der Waals surface area contributed by atoms with Crippen molar-refractivity contribution in [3.8, 4) is 5.75 Å². The summed E-state index contributed by atoms with van der Waals surface area (Å²) in [6.07, 6.45) is 0.855. The Morgan fingerprint density at radius 3 is 2.42 bits per heavy atom. The minimum absolute atomic E-state index is 0.0429. The van der Waals surface area contributed by atoms with Crippen molar-refractivity contribution in [2.45, 2.75) is 65.1 Å². The third-order valence-corrected chi connectivity index (χ3v) is 5.09. The third-order valence-electron chi connectivity index (χ3n) is 4.72. The fraction of sp³-hybridized carbons (Fsp3) is 0.609. The number of unbranched alkanes of at least 4 members (excludes halogenated alkanes) is 1. The van der Waals surface area contributed by atoms with Crippen LogP contribution >= 0.6 is 12.6 Å². The highest BCUT2D eigenvalue weighted by Gasteiger charge is 2.35. The number of rotatable bonds is 11. The zero-order chi connectivity index (χ0) is 25.2. The molecule has 0 heterocycles. The van der Waals surface area contributed by atoms with Gasteiger partial charge < -0.3 is 30.5 Å². The van der Waals surface area contributed by atoms with E-state index in [1.54, 1.807) is 39.8 Å².